The number of amides is 1. The highest BCUT2D eigenvalue weighted by Gasteiger charge is 2.38. The van der Waals surface area contributed by atoms with E-state index in [1.807, 2.05) is 23.6 Å². The van der Waals surface area contributed by atoms with Crippen LogP contribution in [0.2, 0.25) is 0 Å². The lowest BCUT2D eigenvalue weighted by Gasteiger charge is -2.35. The first-order valence-corrected chi connectivity index (χ1v) is 12.3. The van der Waals surface area contributed by atoms with E-state index in [2.05, 4.69) is 5.16 Å². The quantitative estimate of drug-likeness (QED) is 0.693. The Bertz CT molecular complexity index is 1010. The molecular weight excluding hydrogens is 426 g/mol. The van der Waals surface area contributed by atoms with E-state index in [1.165, 1.54) is 4.31 Å². The van der Waals surface area contributed by atoms with Gasteiger partial charge < -0.3 is 14.2 Å². The van der Waals surface area contributed by atoms with Crippen LogP contribution in [0.25, 0.3) is 12.2 Å². The fourth-order valence-electron chi connectivity index (χ4n) is 3.88. The summed E-state index contributed by atoms with van der Waals surface area (Å²) in [6.45, 7) is 4.36. The van der Waals surface area contributed by atoms with Crippen LogP contribution in [0.15, 0.2) is 26.9 Å². The van der Waals surface area contributed by atoms with E-state index in [0.717, 1.165) is 4.88 Å². The molecule has 0 N–H and O–H groups in total. The molecule has 8 nitrogen and oxygen atoms in total. The van der Waals surface area contributed by atoms with Crippen molar-refractivity contribution < 1.29 is 22.5 Å². The number of aryl methyl sites for hydroxylation is 1. The van der Waals surface area contributed by atoms with Crippen LogP contribution in [0.1, 0.15) is 29.2 Å². The summed E-state index contributed by atoms with van der Waals surface area (Å²) in [6, 6.07) is 3.86. The summed E-state index contributed by atoms with van der Waals surface area (Å²) in [5.41, 5.74) is 0.322. The number of carbonyl (C=O) groups is 1. The minimum absolute atomic E-state index is 0.0121. The molecule has 0 bridgehead atoms. The SMILES string of the molecule is Cc1noc(/C=C/c2cccs2)c1S(=O)(=O)N1CCC[C@H](C(=O)N2CCOCC2)C1. The number of ether oxygens (including phenoxy) is 1. The zero-order valence-corrected chi connectivity index (χ0v) is 18.5. The Kier molecular flexibility index (Phi) is 6.37. The van der Waals surface area contributed by atoms with Crippen molar-refractivity contribution in [1.82, 2.24) is 14.4 Å². The van der Waals surface area contributed by atoms with Crippen LogP contribution < -0.4 is 0 Å². The average molecular weight is 452 g/mol. The molecule has 0 saturated carbocycles. The minimum Gasteiger partial charge on any atom is -0.378 e. The van der Waals surface area contributed by atoms with E-state index in [4.69, 9.17) is 9.26 Å². The van der Waals surface area contributed by atoms with Crippen molar-refractivity contribution in [3.05, 3.63) is 33.8 Å². The van der Waals surface area contributed by atoms with Gasteiger partial charge in [0.2, 0.25) is 15.9 Å². The number of sulfonamides is 1. The first kappa shape index (κ1) is 21.2. The van der Waals surface area contributed by atoms with E-state index in [0.29, 0.717) is 51.4 Å². The molecule has 162 valence electrons. The highest BCUT2D eigenvalue weighted by atomic mass is 32.2. The molecule has 10 heteroatoms. The molecule has 0 unspecified atom stereocenters. The van der Waals surface area contributed by atoms with E-state index >= 15 is 0 Å². The molecular formula is C20H25N3O5S2. The van der Waals surface area contributed by atoms with Gasteiger partial charge in [-0.1, -0.05) is 11.2 Å². The van der Waals surface area contributed by atoms with E-state index in [9.17, 15) is 13.2 Å². The summed E-state index contributed by atoms with van der Waals surface area (Å²) in [5.74, 6) is -0.113. The number of nitrogens with zero attached hydrogens (tertiary/aromatic N) is 3. The number of thiophene rings is 1. The number of rotatable bonds is 5. The van der Waals surface area contributed by atoms with Gasteiger partial charge in [0.05, 0.1) is 19.1 Å². The minimum atomic E-state index is -3.83. The summed E-state index contributed by atoms with van der Waals surface area (Å²) in [4.78, 5) is 15.7. The molecule has 2 aromatic rings. The van der Waals surface area contributed by atoms with Crippen LogP contribution in [0.3, 0.4) is 0 Å². The number of hydrogen-bond donors (Lipinski definition) is 0. The van der Waals surface area contributed by atoms with Crippen LogP contribution in [-0.2, 0) is 19.6 Å². The van der Waals surface area contributed by atoms with Crippen molar-refractivity contribution in [3.63, 3.8) is 0 Å². The van der Waals surface area contributed by atoms with Gasteiger partial charge in [0.1, 0.15) is 5.69 Å². The zero-order valence-electron chi connectivity index (χ0n) is 16.8. The Balaban J connectivity index is 1.54. The monoisotopic (exact) mass is 451 g/mol. The highest BCUT2D eigenvalue weighted by Crippen LogP contribution is 2.30. The fraction of sp³-hybridized carbons (Fsp3) is 0.500. The maximum Gasteiger partial charge on any atom is 0.248 e. The van der Waals surface area contributed by atoms with Gasteiger partial charge in [-0.05, 0) is 43.4 Å². The van der Waals surface area contributed by atoms with Gasteiger partial charge in [-0.15, -0.1) is 11.3 Å². The third-order valence-corrected chi connectivity index (χ3v) is 8.29. The number of morpholine rings is 1. The smallest absolute Gasteiger partial charge is 0.248 e. The molecule has 4 rings (SSSR count). The number of hydrogen-bond acceptors (Lipinski definition) is 7. The van der Waals surface area contributed by atoms with Crippen LogP contribution in [-0.4, -0.2) is 68.1 Å². The second-order valence-electron chi connectivity index (χ2n) is 7.45. The van der Waals surface area contributed by atoms with E-state index in [1.54, 1.807) is 29.2 Å². The third kappa shape index (κ3) is 4.36. The second-order valence-corrected chi connectivity index (χ2v) is 10.3. The summed E-state index contributed by atoms with van der Waals surface area (Å²) >= 11 is 1.55. The largest absolute Gasteiger partial charge is 0.378 e. The van der Waals surface area contributed by atoms with Crippen molar-refractivity contribution in [2.75, 3.05) is 39.4 Å². The number of piperidine rings is 1. The van der Waals surface area contributed by atoms with Crippen LogP contribution in [0, 0.1) is 12.8 Å². The number of aromatic nitrogens is 1. The first-order valence-electron chi connectivity index (χ1n) is 10.0. The molecule has 2 saturated heterocycles. The van der Waals surface area contributed by atoms with E-state index < -0.39 is 10.0 Å². The predicted molar refractivity (Wildman–Crippen MR) is 113 cm³/mol. The topological polar surface area (TPSA) is 93.0 Å². The molecule has 2 aliphatic rings. The van der Waals surface area contributed by atoms with Crippen molar-refractivity contribution in [3.8, 4) is 0 Å². The lowest BCUT2D eigenvalue weighted by atomic mass is 9.98. The summed E-state index contributed by atoms with van der Waals surface area (Å²) in [7, 11) is -3.83. The van der Waals surface area contributed by atoms with Crippen LogP contribution >= 0.6 is 11.3 Å². The summed E-state index contributed by atoms with van der Waals surface area (Å²) < 4.78 is 38.9. The fourth-order valence-corrected chi connectivity index (χ4v) is 6.27. The molecule has 0 aromatic carbocycles. The molecule has 2 aliphatic heterocycles. The molecule has 0 aliphatic carbocycles. The van der Waals surface area contributed by atoms with Gasteiger partial charge in [0.15, 0.2) is 10.7 Å². The molecule has 0 spiro atoms. The van der Waals surface area contributed by atoms with Gasteiger partial charge in [-0.25, -0.2) is 8.42 Å². The average Bonchev–Trinajstić information content (AvgIpc) is 3.42. The Hall–Kier alpha value is -2.01. The maximum absolute atomic E-state index is 13.4. The van der Waals surface area contributed by atoms with Crippen LogP contribution in [0.5, 0.6) is 0 Å². The molecule has 2 aromatic heterocycles. The Morgan fingerprint density at radius 2 is 2.07 bits per heavy atom. The Labute approximate surface area is 180 Å². The molecule has 2 fully saturated rings. The molecule has 4 heterocycles. The van der Waals surface area contributed by atoms with Crippen LogP contribution in [0.4, 0.5) is 0 Å². The lowest BCUT2D eigenvalue weighted by Crippen LogP contribution is -2.49. The van der Waals surface area contributed by atoms with E-state index in [-0.39, 0.29) is 29.0 Å². The molecule has 1 atom stereocenters. The van der Waals surface area contributed by atoms with Crippen molar-refractivity contribution in [2.45, 2.75) is 24.7 Å². The predicted octanol–water partition coefficient (Wildman–Crippen LogP) is 2.47. The van der Waals surface area contributed by atoms with Crippen molar-refractivity contribution in [1.29, 1.82) is 0 Å². The Morgan fingerprint density at radius 3 is 2.80 bits per heavy atom. The van der Waals surface area contributed by atoms with Gasteiger partial charge in [-0.2, -0.15) is 4.31 Å². The standard InChI is InChI=1S/C20H25N3O5S2/c1-15-19(18(28-21-15)7-6-17-5-3-13-29-17)30(25,26)23-8-2-4-16(14-23)20(24)22-9-11-27-12-10-22/h3,5-7,13,16H,2,4,8-12,14H2,1H3/b7-6+/t16-/m0/s1. The molecule has 30 heavy (non-hydrogen) atoms. The van der Waals surface area contributed by atoms with Crippen molar-refractivity contribution >= 4 is 39.4 Å². The van der Waals surface area contributed by atoms with Gasteiger partial charge in [-0.3, -0.25) is 4.79 Å². The molecule has 0 radical (unpaired) electrons. The summed E-state index contributed by atoms with van der Waals surface area (Å²) in [6.07, 6.45) is 4.78. The maximum atomic E-state index is 13.4. The van der Waals surface area contributed by atoms with Crippen molar-refractivity contribution in [2.24, 2.45) is 5.92 Å². The van der Waals surface area contributed by atoms with Gasteiger partial charge in [0, 0.05) is 31.1 Å². The lowest BCUT2D eigenvalue weighted by molar-refractivity contribution is -0.140. The highest BCUT2D eigenvalue weighted by molar-refractivity contribution is 7.89. The van der Waals surface area contributed by atoms with Gasteiger partial charge in [0.25, 0.3) is 0 Å². The third-order valence-electron chi connectivity index (χ3n) is 5.43. The number of carbonyl (C=O) groups excluding carboxylic acids is 1. The second kappa shape index (κ2) is 9.01. The zero-order chi connectivity index (χ0) is 21.1. The Morgan fingerprint density at radius 1 is 1.27 bits per heavy atom. The first-order chi connectivity index (χ1) is 14.5. The molecule has 1 amide bonds. The summed E-state index contributed by atoms with van der Waals surface area (Å²) in [5, 5.41) is 5.83. The van der Waals surface area contributed by atoms with Gasteiger partial charge >= 0.3 is 0 Å². The normalized spacial score (nSPS) is 21.4.